The van der Waals surface area contributed by atoms with Gasteiger partial charge < -0.3 is 4.90 Å². The number of hydrogen-bond donors (Lipinski definition) is 1. The molecule has 1 amide bonds. The topological polar surface area (TPSA) is 61.9 Å². The Labute approximate surface area is 112 Å². The molecule has 2 rings (SSSR count). The van der Waals surface area contributed by atoms with E-state index in [1.165, 1.54) is 0 Å². The third-order valence-electron chi connectivity index (χ3n) is 3.12. The predicted octanol–water partition coefficient (Wildman–Crippen LogP) is 1.90. The molecular weight excluding hydrogens is 248 g/mol. The average Bonchev–Trinajstić information content (AvgIpc) is 2.87. The number of rotatable bonds is 3. The zero-order valence-corrected chi connectivity index (χ0v) is 12.0. The number of aromatic nitrogens is 3. The Balaban J connectivity index is 2.05. The van der Waals surface area contributed by atoms with Crippen molar-refractivity contribution in [2.75, 3.05) is 18.8 Å². The summed E-state index contributed by atoms with van der Waals surface area (Å²) in [7, 11) is 0. The maximum atomic E-state index is 12.3. The van der Waals surface area contributed by atoms with E-state index in [-0.39, 0.29) is 11.8 Å². The third-order valence-corrected chi connectivity index (χ3v) is 4.49. The molecule has 1 aliphatic rings. The Morgan fingerprint density at radius 3 is 3.00 bits per heavy atom. The summed E-state index contributed by atoms with van der Waals surface area (Å²) >= 11 is 1.95. The molecule has 1 atom stereocenters. The molecule has 5 nitrogen and oxygen atoms in total. The van der Waals surface area contributed by atoms with Crippen LogP contribution in [0.2, 0.25) is 0 Å². The van der Waals surface area contributed by atoms with Gasteiger partial charge in [0.05, 0.1) is 0 Å². The molecule has 0 spiro atoms. The zero-order chi connectivity index (χ0) is 13.1. The number of nitrogens with zero attached hydrogens (tertiary/aromatic N) is 3. The molecule has 1 N–H and O–H groups in total. The van der Waals surface area contributed by atoms with Gasteiger partial charge in [0.2, 0.25) is 5.82 Å². The lowest BCUT2D eigenvalue weighted by molar-refractivity contribution is 0.0749. The van der Waals surface area contributed by atoms with E-state index in [0.29, 0.717) is 11.1 Å². The molecule has 0 saturated carbocycles. The number of carbonyl (C=O) groups excluding carboxylic acids is 1. The van der Waals surface area contributed by atoms with E-state index in [2.05, 4.69) is 22.1 Å². The van der Waals surface area contributed by atoms with Crippen LogP contribution >= 0.6 is 11.8 Å². The highest BCUT2D eigenvalue weighted by Crippen LogP contribution is 2.22. The Morgan fingerprint density at radius 2 is 2.39 bits per heavy atom. The number of amides is 1. The second kappa shape index (κ2) is 5.73. The Morgan fingerprint density at radius 1 is 1.61 bits per heavy atom. The first-order chi connectivity index (χ1) is 8.61. The fraction of sp³-hybridized carbons (Fsp3) is 0.750. The number of hydrogen-bond acceptors (Lipinski definition) is 4. The predicted molar refractivity (Wildman–Crippen MR) is 72.9 cm³/mol. The molecular formula is C12H20N4OS. The molecule has 0 radical (unpaired) electrons. The summed E-state index contributed by atoms with van der Waals surface area (Å²) in [5.41, 5.74) is 0. The number of nitrogens with one attached hydrogen (secondary N) is 1. The zero-order valence-electron chi connectivity index (χ0n) is 11.1. The summed E-state index contributed by atoms with van der Waals surface area (Å²) in [6, 6.07) is 0. The first-order valence-electron chi connectivity index (χ1n) is 6.45. The molecule has 0 aliphatic carbocycles. The second-order valence-corrected chi connectivity index (χ2v) is 6.26. The van der Waals surface area contributed by atoms with Gasteiger partial charge in [-0.05, 0) is 6.42 Å². The van der Waals surface area contributed by atoms with Gasteiger partial charge in [0.1, 0.15) is 5.82 Å². The van der Waals surface area contributed by atoms with E-state index in [9.17, 15) is 4.79 Å². The normalized spacial score (nSPS) is 20.4. The second-order valence-electron chi connectivity index (χ2n) is 4.85. The summed E-state index contributed by atoms with van der Waals surface area (Å²) < 4.78 is 0. The molecule has 1 unspecified atom stereocenters. The van der Waals surface area contributed by atoms with Crippen molar-refractivity contribution in [1.82, 2.24) is 20.1 Å². The molecule has 2 heterocycles. The number of H-pyrrole nitrogens is 1. The van der Waals surface area contributed by atoms with Gasteiger partial charge in [-0.2, -0.15) is 11.8 Å². The minimum atomic E-state index is -0.0445. The van der Waals surface area contributed by atoms with Crippen molar-refractivity contribution in [3.05, 3.63) is 11.6 Å². The minimum absolute atomic E-state index is 0.0445. The maximum Gasteiger partial charge on any atom is 0.293 e. The Bertz CT molecular complexity index is 418. The molecule has 6 heteroatoms. The lowest BCUT2D eigenvalue weighted by Gasteiger charge is -2.31. The summed E-state index contributed by atoms with van der Waals surface area (Å²) in [6.07, 6.45) is 1.10. The SMILES string of the molecule is CCC1CN(C(=O)c2n[nH]c(C(C)C)n2)CCS1. The van der Waals surface area contributed by atoms with Crippen molar-refractivity contribution in [2.24, 2.45) is 0 Å². The van der Waals surface area contributed by atoms with Crippen molar-refractivity contribution in [1.29, 1.82) is 0 Å². The standard InChI is InChI=1S/C12H20N4OS/c1-4-9-7-16(5-6-18-9)12(17)11-13-10(8(2)3)14-15-11/h8-9H,4-7H2,1-3H3,(H,13,14,15). The smallest absolute Gasteiger partial charge is 0.293 e. The molecule has 18 heavy (non-hydrogen) atoms. The third kappa shape index (κ3) is 2.85. The highest BCUT2D eigenvalue weighted by Gasteiger charge is 2.26. The minimum Gasteiger partial charge on any atom is -0.334 e. The van der Waals surface area contributed by atoms with Gasteiger partial charge in [-0.1, -0.05) is 20.8 Å². The van der Waals surface area contributed by atoms with Crippen LogP contribution < -0.4 is 0 Å². The van der Waals surface area contributed by atoms with Crippen molar-refractivity contribution in [2.45, 2.75) is 38.4 Å². The number of carbonyl (C=O) groups is 1. The fourth-order valence-electron chi connectivity index (χ4n) is 1.92. The fourth-order valence-corrected chi connectivity index (χ4v) is 3.10. The van der Waals surface area contributed by atoms with E-state index in [4.69, 9.17) is 0 Å². The quantitative estimate of drug-likeness (QED) is 0.909. The van der Waals surface area contributed by atoms with Crippen LogP contribution in [-0.2, 0) is 0 Å². The van der Waals surface area contributed by atoms with Crippen LogP contribution in [0.5, 0.6) is 0 Å². The van der Waals surface area contributed by atoms with Crippen LogP contribution in [0.1, 0.15) is 49.6 Å². The van der Waals surface area contributed by atoms with Gasteiger partial charge >= 0.3 is 0 Å². The van der Waals surface area contributed by atoms with Gasteiger partial charge in [-0.15, -0.1) is 5.10 Å². The highest BCUT2D eigenvalue weighted by molar-refractivity contribution is 8.00. The molecule has 0 aromatic carbocycles. The Kier molecular flexibility index (Phi) is 4.27. The maximum absolute atomic E-state index is 12.3. The van der Waals surface area contributed by atoms with Crippen LogP contribution in [0.3, 0.4) is 0 Å². The number of aromatic amines is 1. The molecule has 1 fully saturated rings. The molecule has 0 bridgehead atoms. The lowest BCUT2D eigenvalue weighted by Crippen LogP contribution is -2.42. The molecule has 1 aromatic rings. The van der Waals surface area contributed by atoms with Gasteiger partial charge in [0.25, 0.3) is 5.91 Å². The van der Waals surface area contributed by atoms with Gasteiger partial charge in [-0.3, -0.25) is 9.89 Å². The lowest BCUT2D eigenvalue weighted by atomic mass is 10.2. The van der Waals surface area contributed by atoms with Crippen LogP contribution in [0.4, 0.5) is 0 Å². The van der Waals surface area contributed by atoms with Crippen LogP contribution in [0.25, 0.3) is 0 Å². The van der Waals surface area contributed by atoms with E-state index < -0.39 is 0 Å². The average molecular weight is 268 g/mol. The summed E-state index contributed by atoms with van der Waals surface area (Å²) in [6.45, 7) is 7.82. The number of thioether (sulfide) groups is 1. The monoisotopic (exact) mass is 268 g/mol. The molecule has 100 valence electrons. The van der Waals surface area contributed by atoms with Gasteiger partial charge in [0, 0.05) is 30.0 Å². The summed E-state index contributed by atoms with van der Waals surface area (Å²) in [5, 5.41) is 7.41. The van der Waals surface area contributed by atoms with Crippen molar-refractivity contribution < 1.29 is 4.79 Å². The first-order valence-corrected chi connectivity index (χ1v) is 7.49. The van der Waals surface area contributed by atoms with Crippen LogP contribution in [0, 0.1) is 0 Å². The van der Waals surface area contributed by atoms with Crippen LogP contribution in [0.15, 0.2) is 0 Å². The van der Waals surface area contributed by atoms with Gasteiger partial charge in [0.15, 0.2) is 0 Å². The van der Waals surface area contributed by atoms with Gasteiger partial charge in [-0.25, -0.2) is 4.98 Å². The summed E-state index contributed by atoms with van der Waals surface area (Å²) in [4.78, 5) is 18.4. The Hall–Kier alpha value is -1.04. The van der Waals surface area contributed by atoms with Crippen LogP contribution in [-0.4, -0.2) is 50.1 Å². The first kappa shape index (κ1) is 13.4. The van der Waals surface area contributed by atoms with Crippen molar-refractivity contribution in [3.8, 4) is 0 Å². The largest absolute Gasteiger partial charge is 0.334 e. The molecule has 1 aromatic heterocycles. The van der Waals surface area contributed by atoms with E-state index >= 15 is 0 Å². The summed E-state index contributed by atoms with van der Waals surface area (Å²) in [5.74, 6) is 2.31. The molecule has 1 saturated heterocycles. The van der Waals surface area contributed by atoms with E-state index in [1.54, 1.807) is 0 Å². The molecule has 1 aliphatic heterocycles. The van der Waals surface area contributed by atoms with Crippen molar-refractivity contribution >= 4 is 17.7 Å². The van der Waals surface area contributed by atoms with E-state index in [0.717, 1.165) is 31.1 Å². The van der Waals surface area contributed by atoms with Crippen molar-refractivity contribution in [3.63, 3.8) is 0 Å². The van der Waals surface area contributed by atoms with E-state index in [1.807, 2.05) is 30.5 Å². The highest BCUT2D eigenvalue weighted by atomic mass is 32.2.